The summed E-state index contributed by atoms with van der Waals surface area (Å²) in [5, 5.41) is 4.05. The van der Waals surface area contributed by atoms with Crippen molar-refractivity contribution in [1.82, 2.24) is 19.6 Å². The van der Waals surface area contributed by atoms with E-state index in [1.54, 1.807) is 0 Å². The highest BCUT2D eigenvalue weighted by Crippen LogP contribution is 2.24. The summed E-state index contributed by atoms with van der Waals surface area (Å²) in [6, 6.07) is 7.82. The Labute approximate surface area is 163 Å². The van der Waals surface area contributed by atoms with Gasteiger partial charge < -0.3 is 9.42 Å². The molecule has 2 aromatic heterocycles. The molecule has 1 amide bonds. The molecule has 1 fully saturated rings. The first-order valence-corrected chi connectivity index (χ1v) is 9.83. The number of rotatable bonds is 4. The number of hydrogen-bond donors (Lipinski definition) is 0. The Morgan fingerprint density at radius 3 is 2.54 bits per heavy atom. The van der Waals surface area contributed by atoms with E-state index >= 15 is 0 Å². The van der Waals surface area contributed by atoms with Crippen LogP contribution in [0.15, 0.2) is 39.9 Å². The van der Waals surface area contributed by atoms with Gasteiger partial charge in [-0.15, -0.1) is 0 Å². The van der Waals surface area contributed by atoms with Gasteiger partial charge in [0.1, 0.15) is 11.2 Å². The highest BCUT2D eigenvalue weighted by molar-refractivity contribution is 5.87. The van der Waals surface area contributed by atoms with E-state index in [0.29, 0.717) is 11.2 Å². The van der Waals surface area contributed by atoms with Crippen LogP contribution in [0.2, 0.25) is 0 Å². The molecule has 3 heterocycles. The van der Waals surface area contributed by atoms with Crippen LogP contribution in [0.1, 0.15) is 37.7 Å². The van der Waals surface area contributed by atoms with Crippen molar-refractivity contribution in [2.45, 2.75) is 45.6 Å². The predicted octanol–water partition coefficient (Wildman–Crippen LogP) is 3.15. The third-order valence-corrected chi connectivity index (χ3v) is 5.30. The number of hydrogen-bond acceptors (Lipinski definition) is 5. The fraction of sp³-hybridized carbons (Fsp3) is 0.429. The molecule has 0 saturated carbocycles. The molecular weight excluding hydrogens is 356 g/mol. The third kappa shape index (κ3) is 3.69. The lowest BCUT2D eigenvalue weighted by atomic mass is 10.1. The van der Waals surface area contributed by atoms with Crippen LogP contribution in [0.25, 0.3) is 22.4 Å². The Kier molecular flexibility index (Phi) is 5.23. The number of benzene rings is 1. The molecule has 146 valence electrons. The highest BCUT2D eigenvalue weighted by Gasteiger charge is 2.18. The van der Waals surface area contributed by atoms with Gasteiger partial charge in [0.15, 0.2) is 0 Å². The summed E-state index contributed by atoms with van der Waals surface area (Å²) in [7, 11) is 0. The van der Waals surface area contributed by atoms with Gasteiger partial charge in [-0.1, -0.05) is 47.8 Å². The molecule has 1 aliphatic heterocycles. The van der Waals surface area contributed by atoms with Crippen LogP contribution in [0.5, 0.6) is 0 Å². The lowest BCUT2D eigenvalue weighted by Gasteiger charge is -2.20. The summed E-state index contributed by atoms with van der Waals surface area (Å²) < 4.78 is 6.74. The zero-order chi connectivity index (χ0) is 19.5. The minimum atomic E-state index is -0.306. The second-order valence-electron chi connectivity index (χ2n) is 7.36. The van der Waals surface area contributed by atoms with E-state index in [4.69, 9.17) is 4.52 Å². The highest BCUT2D eigenvalue weighted by atomic mass is 16.5. The number of fused-ring (bicyclic) bond motifs is 1. The molecule has 1 aromatic carbocycles. The Morgan fingerprint density at radius 2 is 1.82 bits per heavy atom. The number of likely N-dealkylation sites (tertiary alicyclic amines) is 1. The number of carbonyl (C=O) groups is 1. The second kappa shape index (κ2) is 7.96. The van der Waals surface area contributed by atoms with Crippen LogP contribution in [-0.2, 0) is 11.3 Å². The van der Waals surface area contributed by atoms with Crippen molar-refractivity contribution in [3.63, 3.8) is 0 Å². The van der Waals surface area contributed by atoms with Crippen molar-refractivity contribution in [2.75, 3.05) is 13.1 Å². The molecule has 28 heavy (non-hydrogen) atoms. The topological polar surface area (TPSA) is 81.2 Å². The second-order valence-corrected chi connectivity index (χ2v) is 7.36. The summed E-state index contributed by atoms with van der Waals surface area (Å²) >= 11 is 0. The zero-order valence-electron chi connectivity index (χ0n) is 16.1. The maximum absolute atomic E-state index is 12.7. The molecule has 4 rings (SSSR count). The van der Waals surface area contributed by atoms with Crippen molar-refractivity contribution in [3.8, 4) is 11.3 Å². The summed E-state index contributed by atoms with van der Waals surface area (Å²) in [5.41, 5.74) is 2.81. The molecule has 7 heteroatoms. The van der Waals surface area contributed by atoms with E-state index in [2.05, 4.69) is 10.1 Å². The van der Waals surface area contributed by atoms with Crippen molar-refractivity contribution >= 4 is 17.0 Å². The van der Waals surface area contributed by atoms with Crippen molar-refractivity contribution in [3.05, 3.63) is 46.5 Å². The van der Waals surface area contributed by atoms with Gasteiger partial charge in [-0.3, -0.25) is 14.2 Å². The van der Waals surface area contributed by atoms with Crippen LogP contribution in [0, 0.1) is 6.92 Å². The van der Waals surface area contributed by atoms with E-state index in [-0.39, 0.29) is 30.0 Å². The van der Waals surface area contributed by atoms with Crippen LogP contribution in [0.3, 0.4) is 0 Å². The molecule has 0 radical (unpaired) electrons. The number of nitrogens with zero attached hydrogens (tertiary/aromatic N) is 4. The average molecular weight is 380 g/mol. The van der Waals surface area contributed by atoms with E-state index in [1.807, 2.05) is 36.1 Å². The van der Waals surface area contributed by atoms with Gasteiger partial charge in [0.05, 0.1) is 6.33 Å². The van der Waals surface area contributed by atoms with Gasteiger partial charge in [0.2, 0.25) is 5.91 Å². The van der Waals surface area contributed by atoms with Gasteiger partial charge in [-0.2, -0.15) is 0 Å². The lowest BCUT2D eigenvalue weighted by molar-refractivity contribution is -0.131. The molecule has 1 aliphatic rings. The van der Waals surface area contributed by atoms with Gasteiger partial charge >= 0.3 is 0 Å². The molecule has 3 aromatic rings. The molecule has 1 saturated heterocycles. The molecular formula is C21H24N4O3. The lowest BCUT2D eigenvalue weighted by Crippen LogP contribution is -2.33. The first-order valence-electron chi connectivity index (χ1n) is 9.83. The van der Waals surface area contributed by atoms with Crippen LogP contribution >= 0.6 is 0 Å². The Hall–Kier alpha value is -2.96. The number of aromatic nitrogens is 3. The maximum atomic E-state index is 12.7. The molecule has 0 N–H and O–H groups in total. The minimum Gasteiger partial charge on any atom is -0.348 e. The minimum absolute atomic E-state index is 0.0896. The summed E-state index contributed by atoms with van der Waals surface area (Å²) in [6.45, 7) is 3.92. The molecule has 7 nitrogen and oxygen atoms in total. The van der Waals surface area contributed by atoms with E-state index in [0.717, 1.165) is 37.1 Å². The van der Waals surface area contributed by atoms with Gasteiger partial charge in [-0.05, 0) is 19.8 Å². The molecule has 0 unspecified atom stereocenters. The van der Waals surface area contributed by atoms with Crippen LogP contribution in [0.4, 0.5) is 0 Å². The standard InChI is InChI=1S/C21H24N4O3/c1-15-6-8-16(9-7-15)18-19-20(28-23-18)21(27)25(14-22-19)13-10-17(26)24-11-4-2-3-5-12-24/h6-9,14H,2-5,10-13H2,1H3. The first-order chi connectivity index (χ1) is 13.6. The maximum Gasteiger partial charge on any atom is 0.299 e. The molecule has 0 atom stereocenters. The molecule has 0 aliphatic carbocycles. The van der Waals surface area contributed by atoms with E-state index < -0.39 is 0 Å². The van der Waals surface area contributed by atoms with Gasteiger partial charge in [-0.25, -0.2) is 4.98 Å². The fourth-order valence-electron chi connectivity index (χ4n) is 3.61. The summed E-state index contributed by atoms with van der Waals surface area (Å²) in [5.74, 6) is 0.0896. The Bertz CT molecular complexity index is 1030. The number of aryl methyl sites for hydroxylation is 2. The first kappa shape index (κ1) is 18.4. The Balaban J connectivity index is 1.53. The van der Waals surface area contributed by atoms with Crippen molar-refractivity contribution in [1.29, 1.82) is 0 Å². The normalized spacial score (nSPS) is 15.0. The SMILES string of the molecule is Cc1ccc(-c2noc3c(=O)n(CCC(=O)N4CCCCCC4)cnc23)cc1. The van der Waals surface area contributed by atoms with Crippen molar-refractivity contribution in [2.24, 2.45) is 0 Å². The fourth-order valence-corrected chi connectivity index (χ4v) is 3.61. The largest absolute Gasteiger partial charge is 0.348 e. The van der Waals surface area contributed by atoms with Gasteiger partial charge in [0, 0.05) is 31.6 Å². The summed E-state index contributed by atoms with van der Waals surface area (Å²) in [6.07, 6.45) is 6.23. The number of amides is 1. The average Bonchev–Trinajstić information content (AvgIpc) is 2.95. The Morgan fingerprint density at radius 1 is 1.11 bits per heavy atom. The smallest absolute Gasteiger partial charge is 0.299 e. The third-order valence-electron chi connectivity index (χ3n) is 5.30. The number of carbonyl (C=O) groups excluding carboxylic acids is 1. The quantitative estimate of drug-likeness (QED) is 0.694. The predicted molar refractivity (Wildman–Crippen MR) is 106 cm³/mol. The van der Waals surface area contributed by atoms with E-state index in [9.17, 15) is 9.59 Å². The van der Waals surface area contributed by atoms with Crippen LogP contribution < -0.4 is 5.56 Å². The monoisotopic (exact) mass is 380 g/mol. The molecule has 0 spiro atoms. The van der Waals surface area contributed by atoms with E-state index in [1.165, 1.54) is 23.7 Å². The summed E-state index contributed by atoms with van der Waals surface area (Å²) in [4.78, 5) is 31.5. The zero-order valence-corrected chi connectivity index (χ0v) is 16.1. The molecule has 0 bridgehead atoms. The van der Waals surface area contributed by atoms with Gasteiger partial charge in [0.25, 0.3) is 11.1 Å². The van der Waals surface area contributed by atoms with Crippen LogP contribution in [-0.4, -0.2) is 38.6 Å². The van der Waals surface area contributed by atoms with Crippen molar-refractivity contribution < 1.29 is 9.32 Å².